The number of nitrogens with zero attached hydrogens (tertiary/aromatic N) is 4. The van der Waals surface area contributed by atoms with Gasteiger partial charge in [-0.1, -0.05) is 12.1 Å². The third-order valence-electron chi connectivity index (χ3n) is 7.15. The number of hydrogen-bond donors (Lipinski definition) is 0. The number of amides is 1. The average molecular weight is 485 g/mol. The monoisotopic (exact) mass is 484 g/mol. The summed E-state index contributed by atoms with van der Waals surface area (Å²) in [6.07, 6.45) is 4.50. The normalized spacial score (nSPS) is 20.7. The van der Waals surface area contributed by atoms with Gasteiger partial charge < -0.3 is 14.4 Å². The number of benzene rings is 2. The van der Waals surface area contributed by atoms with Gasteiger partial charge in [-0.2, -0.15) is 5.26 Å². The van der Waals surface area contributed by atoms with E-state index in [0.29, 0.717) is 49.7 Å². The van der Waals surface area contributed by atoms with Crippen LogP contribution in [0.4, 0.5) is 10.1 Å². The van der Waals surface area contributed by atoms with Gasteiger partial charge in [0, 0.05) is 25.7 Å². The molecule has 0 saturated carbocycles. The average Bonchev–Trinajstić information content (AvgIpc) is 3.54. The molecule has 0 radical (unpaired) electrons. The second-order valence-electron chi connectivity index (χ2n) is 9.51. The minimum absolute atomic E-state index is 0.0644. The van der Waals surface area contributed by atoms with Crippen molar-refractivity contribution < 1.29 is 18.7 Å². The lowest BCUT2D eigenvalue weighted by atomic mass is 10.0. The molecule has 1 saturated heterocycles. The zero-order valence-corrected chi connectivity index (χ0v) is 19.7. The van der Waals surface area contributed by atoms with E-state index in [1.54, 1.807) is 35.5 Å². The first-order valence-electron chi connectivity index (χ1n) is 12.2. The van der Waals surface area contributed by atoms with Crippen molar-refractivity contribution in [2.24, 2.45) is 5.92 Å². The zero-order valence-electron chi connectivity index (χ0n) is 19.7. The molecule has 3 aliphatic rings. The molecule has 2 aromatic carbocycles. The van der Waals surface area contributed by atoms with Crippen molar-refractivity contribution in [3.63, 3.8) is 0 Å². The Morgan fingerprint density at radius 3 is 2.97 bits per heavy atom. The first-order valence-corrected chi connectivity index (χ1v) is 12.2. The van der Waals surface area contributed by atoms with E-state index in [9.17, 15) is 14.4 Å². The lowest BCUT2D eigenvalue weighted by Gasteiger charge is -2.32. The van der Waals surface area contributed by atoms with Crippen molar-refractivity contribution in [1.82, 2.24) is 9.88 Å². The summed E-state index contributed by atoms with van der Waals surface area (Å²) >= 11 is 0. The molecule has 36 heavy (non-hydrogen) atoms. The highest BCUT2D eigenvalue weighted by Crippen LogP contribution is 2.44. The molecule has 182 valence electrons. The van der Waals surface area contributed by atoms with Gasteiger partial charge in [-0.05, 0) is 54.4 Å². The van der Waals surface area contributed by atoms with Crippen LogP contribution in [-0.2, 0) is 17.8 Å². The second kappa shape index (κ2) is 9.25. The molecule has 4 heterocycles. The van der Waals surface area contributed by atoms with Crippen molar-refractivity contribution in [3.8, 4) is 17.6 Å². The maximum atomic E-state index is 13.6. The number of likely N-dealkylation sites (tertiary alicyclic amines) is 1. The Kier molecular flexibility index (Phi) is 5.78. The Morgan fingerprint density at radius 1 is 1.19 bits per heavy atom. The van der Waals surface area contributed by atoms with E-state index in [4.69, 9.17) is 9.47 Å². The fourth-order valence-corrected chi connectivity index (χ4v) is 5.40. The summed E-state index contributed by atoms with van der Waals surface area (Å²) in [5.74, 6) is 1.08. The summed E-state index contributed by atoms with van der Waals surface area (Å²) in [6, 6.07) is 14.2. The first kappa shape index (κ1) is 22.5. The number of pyridine rings is 1. The van der Waals surface area contributed by atoms with Gasteiger partial charge in [0.1, 0.15) is 30.0 Å². The van der Waals surface area contributed by atoms with Crippen LogP contribution in [0.3, 0.4) is 0 Å². The predicted molar refractivity (Wildman–Crippen MR) is 130 cm³/mol. The van der Waals surface area contributed by atoms with Gasteiger partial charge in [-0.3, -0.25) is 14.7 Å². The van der Waals surface area contributed by atoms with Crippen LogP contribution < -0.4 is 14.4 Å². The number of aromatic nitrogens is 1. The largest absolute Gasteiger partial charge is 0.489 e. The molecule has 0 spiro atoms. The van der Waals surface area contributed by atoms with Crippen LogP contribution in [0, 0.1) is 23.1 Å². The Bertz CT molecular complexity index is 1370. The number of ether oxygens (including phenoxy) is 2. The summed E-state index contributed by atoms with van der Waals surface area (Å²) in [4.78, 5) is 22.0. The minimum Gasteiger partial charge on any atom is -0.489 e. The van der Waals surface area contributed by atoms with E-state index in [0.717, 1.165) is 35.4 Å². The van der Waals surface area contributed by atoms with Crippen LogP contribution in [0.2, 0.25) is 0 Å². The Balaban J connectivity index is 1.19. The van der Waals surface area contributed by atoms with E-state index >= 15 is 0 Å². The summed E-state index contributed by atoms with van der Waals surface area (Å²) in [7, 11) is 0. The van der Waals surface area contributed by atoms with Crippen LogP contribution in [0.25, 0.3) is 0 Å². The molecule has 7 nitrogen and oxygen atoms in total. The van der Waals surface area contributed by atoms with Gasteiger partial charge in [0.15, 0.2) is 5.75 Å². The molecule has 1 aromatic heterocycles. The molecule has 1 fully saturated rings. The van der Waals surface area contributed by atoms with Gasteiger partial charge >= 0.3 is 0 Å². The van der Waals surface area contributed by atoms with Crippen LogP contribution in [0.1, 0.15) is 34.8 Å². The molecule has 8 heteroatoms. The standard InChI is InChI=1S/C28H25FN4O3/c29-22-3-1-2-19(11-22)16-32-7-6-20(17-32)28(34)33-8-9-35-27-23(14-31-15-24(27)33)26-12-21-10-18(13-30)4-5-25(21)36-26/h1-5,10-11,14-15,20,26H,6-9,12,16-17H2/t20-,26?/m1/s1. The van der Waals surface area contributed by atoms with Crippen molar-refractivity contribution in [2.45, 2.75) is 25.5 Å². The highest BCUT2D eigenvalue weighted by molar-refractivity contribution is 5.97. The fraction of sp³-hybridized carbons (Fsp3) is 0.321. The number of anilines is 1. The topological polar surface area (TPSA) is 78.7 Å². The van der Waals surface area contributed by atoms with Crippen LogP contribution in [0.5, 0.6) is 11.5 Å². The molecule has 0 N–H and O–H groups in total. The number of nitriles is 1. The van der Waals surface area contributed by atoms with Gasteiger partial charge in [-0.15, -0.1) is 0 Å². The number of hydrogen-bond acceptors (Lipinski definition) is 6. The zero-order chi connectivity index (χ0) is 24.6. The second-order valence-corrected chi connectivity index (χ2v) is 9.51. The Hall–Kier alpha value is -3.96. The molecule has 3 aromatic rings. The molecule has 0 bridgehead atoms. The van der Waals surface area contributed by atoms with Crippen molar-refractivity contribution in [3.05, 3.63) is 82.9 Å². The summed E-state index contributed by atoms with van der Waals surface area (Å²) in [6.45, 7) is 2.92. The van der Waals surface area contributed by atoms with Gasteiger partial charge in [0.2, 0.25) is 5.91 Å². The summed E-state index contributed by atoms with van der Waals surface area (Å²) in [5.41, 5.74) is 3.96. The molecular formula is C28H25FN4O3. The van der Waals surface area contributed by atoms with Gasteiger partial charge in [-0.25, -0.2) is 4.39 Å². The Morgan fingerprint density at radius 2 is 2.11 bits per heavy atom. The molecule has 6 rings (SSSR count). The fourth-order valence-electron chi connectivity index (χ4n) is 5.40. The molecule has 1 amide bonds. The van der Waals surface area contributed by atoms with Gasteiger partial charge in [0.05, 0.1) is 35.9 Å². The van der Waals surface area contributed by atoms with Gasteiger partial charge in [0.25, 0.3) is 0 Å². The number of fused-ring (bicyclic) bond motifs is 2. The lowest BCUT2D eigenvalue weighted by Crippen LogP contribution is -2.42. The summed E-state index contributed by atoms with van der Waals surface area (Å²) in [5, 5.41) is 9.21. The van der Waals surface area contributed by atoms with E-state index in [1.165, 1.54) is 6.07 Å². The van der Waals surface area contributed by atoms with E-state index < -0.39 is 0 Å². The maximum Gasteiger partial charge on any atom is 0.231 e. The minimum atomic E-state index is -0.292. The molecule has 2 atom stereocenters. The number of halogens is 1. The van der Waals surface area contributed by atoms with Crippen LogP contribution in [0.15, 0.2) is 54.9 Å². The van der Waals surface area contributed by atoms with Crippen molar-refractivity contribution >= 4 is 11.6 Å². The molecular weight excluding hydrogens is 459 g/mol. The molecule has 3 aliphatic heterocycles. The highest BCUT2D eigenvalue weighted by atomic mass is 19.1. The molecule has 0 aliphatic carbocycles. The number of rotatable bonds is 4. The van der Waals surface area contributed by atoms with E-state index in [-0.39, 0.29) is 23.7 Å². The van der Waals surface area contributed by atoms with E-state index in [1.807, 2.05) is 18.2 Å². The highest BCUT2D eigenvalue weighted by Gasteiger charge is 2.37. The molecule has 1 unspecified atom stereocenters. The quantitative estimate of drug-likeness (QED) is 0.557. The maximum absolute atomic E-state index is 13.6. The van der Waals surface area contributed by atoms with Crippen molar-refractivity contribution in [2.75, 3.05) is 31.1 Å². The third kappa shape index (κ3) is 4.16. The number of carbonyl (C=O) groups excluding carboxylic acids is 1. The Labute approximate surface area is 208 Å². The first-order chi connectivity index (χ1) is 17.6. The predicted octanol–water partition coefficient (Wildman–Crippen LogP) is 4.02. The lowest BCUT2D eigenvalue weighted by molar-refractivity contribution is -0.122. The van der Waals surface area contributed by atoms with E-state index in [2.05, 4.69) is 16.0 Å². The van der Waals surface area contributed by atoms with Crippen molar-refractivity contribution in [1.29, 1.82) is 5.26 Å². The smallest absolute Gasteiger partial charge is 0.231 e. The van der Waals surface area contributed by atoms with Crippen LogP contribution >= 0.6 is 0 Å². The number of carbonyl (C=O) groups is 1. The van der Waals surface area contributed by atoms with Crippen LogP contribution in [-0.4, -0.2) is 42.0 Å². The third-order valence-corrected chi connectivity index (χ3v) is 7.15. The summed E-state index contributed by atoms with van der Waals surface area (Å²) < 4.78 is 25.8. The SMILES string of the molecule is N#Cc1ccc2c(c1)CC(c1cncc3c1OCCN3C(=O)[C@@H]1CCN(Cc3cccc(F)c3)C1)O2.